The molecular weight excluding hydrogens is 260 g/mol. The van der Waals surface area contributed by atoms with E-state index < -0.39 is 17.4 Å². The highest BCUT2D eigenvalue weighted by molar-refractivity contribution is 5.96. The fourth-order valence-electron chi connectivity index (χ4n) is 2.04. The molecule has 0 aromatic heterocycles. The van der Waals surface area contributed by atoms with Gasteiger partial charge in [-0.2, -0.15) is 0 Å². The monoisotopic (exact) mass is 275 g/mol. The summed E-state index contributed by atoms with van der Waals surface area (Å²) in [7, 11) is 0. The lowest BCUT2D eigenvalue weighted by Crippen LogP contribution is -2.07. The number of carbonyl (C=O) groups excluding carboxylic acids is 1. The predicted octanol–water partition coefficient (Wildman–Crippen LogP) is 3.92. The molecule has 20 heavy (non-hydrogen) atoms. The number of benzene rings is 2. The molecule has 0 bridgehead atoms. The number of halogens is 2. The van der Waals surface area contributed by atoms with Crippen LogP contribution in [0.1, 0.15) is 35.2 Å². The Bertz CT molecular complexity index is 623. The first-order valence-electron chi connectivity index (χ1n) is 6.31. The number of anilines is 1. The lowest BCUT2D eigenvalue weighted by molar-refractivity contribution is 0.0971. The Labute approximate surface area is 116 Å². The minimum atomic E-state index is -0.694. The van der Waals surface area contributed by atoms with Crippen molar-refractivity contribution in [2.75, 3.05) is 5.73 Å². The van der Waals surface area contributed by atoms with E-state index in [0.29, 0.717) is 5.69 Å². The van der Waals surface area contributed by atoms with E-state index in [1.807, 2.05) is 19.1 Å². The zero-order chi connectivity index (χ0) is 14.7. The molecular formula is C16H15F2NO. The van der Waals surface area contributed by atoms with E-state index >= 15 is 0 Å². The highest BCUT2D eigenvalue weighted by Crippen LogP contribution is 2.23. The molecule has 1 atom stereocenters. The van der Waals surface area contributed by atoms with Gasteiger partial charge >= 0.3 is 0 Å². The summed E-state index contributed by atoms with van der Waals surface area (Å²) in [5.74, 6) is -1.81. The maximum Gasteiger partial charge on any atom is 0.166 e. The third-order valence-corrected chi connectivity index (χ3v) is 3.23. The molecule has 0 radical (unpaired) electrons. The Kier molecular flexibility index (Phi) is 4.13. The van der Waals surface area contributed by atoms with Gasteiger partial charge in [-0.25, -0.2) is 8.78 Å². The van der Waals surface area contributed by atoms with Gasteiger partial charge in [0.15, 0.2) is 5.78 Å². The first-order chi connectivity index (χ1) is 9.47. The van der Waals surface area contributed by atoms with Crippen molar-refractivity contribution < 1.29 is 13.6 Å². The highest BCUT2D eigenvalue weighted by atomic mass is 19.1. The number of hydrogen-bond donors (Lipinski definition) is 1. The zero-order valence-corrected chi connectivity index (χ0v) is 11.1. The Hall–Kier alpha value is -2.23. The van der Waals surface area contributed by atoms with Gasteiger partial charge in [-0.3, -0.25) is 4.79 Å². The molecule has 0 aliphatic carbocycles. The minimum Gasteiger partial charge on any atom is -0.399 e. The number of rotatable bonds is 4. The van der Waals surface area contributed by atoms with Crippen LogP contribution in [-0.2, 0) is 0 Å². The lowest BCUT2D eigenvalue weighted by Gasteiger charge is -2.12. The third-order valence-electron chi connectivity index (χ3n) is 3.23. The van der Waals surface area contributed by atoms with Gasteiger partial charge in [0.2, 0.25) is 0 Å². The molecule has 0 saturated heterocycles. The smallest absolute Gasteiger partial charge is 0.166 e. The normalized spacial score (nSPS) is 12.2. The van der Waals surface area contributed by atoms with Gasteiger partial charge in [-0.05, 0) is 41.8 Å². The van der Waals surface area contributed by atoms with E-state index in [0.717, 1.165) is 23.8 Å². The Morgan fingerprint density at radius 1 is 1.15 bits per heavy atom. The highest BCUT2D eigenvalue weighted by Gasteiger charge is 2.17. The van der Waals surface area contributed by atoms with Crippen LogP contribution >= 0.6 is 0 Å². The molecule has 4 heteroatoms. The van der Waals surface area contributed by atoms with Crippen LogP contribution in [0.25, 0.3) is 0 Å². The molecule has 0 saturated carbocycles. The molecule has 2 aromatic rings. The van der Waals surface area contributed by atoms with Crippen LogP contribution in [0.3, 0.4) is 0 Å². The van der Waals surface area contributed by atoms with E-state index in [9.17, 15) is 13.6 Å². The molecule has 0 aliphatic rings. The second kappa shape index (κ2) is 5.82. The SMILES string of the molecule is CC(CC(=O)c1cc(F)ccc1F)c1ccc(N)cc1. The molecule has 104 valence electrons. The van der Waals surface area contributed by atoms with Crippen molar-refractivity contribution in [1.29, 1.82) is 0 Å². The lowest BCUT2D eigenvalue weighted by atomic mass is 9.93. The largest absolute Gasteiger partial charge is 0.399 e. The number of nitrogens with two attached hydrogens (primary N) is 1. The summed E-state index contributed by atoms with van der Waals surface area (Å²) in [6.07, 6.45) is 0.115. The van der Waals surface area contributed by atoms with E-state index in [4.69, 9.17) is 5.73 Å². The fourth-order valence-corrected chi connectivity index (χ4v) is 2.04. The van der Waals surface area contributed by atoms with E-state index in [-0.39, 0.29) is 17.9 Å². The molecule has 0 amide bonds. The molecule has 2 rings (SSSR count). The number of carbonyl (C=O) groups is 1. The Morgan fingerprint density at radius 2 is 1.80 bits per heavy atom. The fraction of sp³-hybridized carbons (Fsp3) is 0.188. The second-order valence-corrected chi connectivity index (χ2v) is 4.82. The van der Waals surface area contributed by atoms with Gasteiger partial charge in [-0.15, -0.1) is 0 Å². The summed E-state index contributed by atoms with van der Waals surface area (Å²) in [5, 5.41) is 0. The molecule has 1 unspecified atom stereocenters. The summed E-state index contributed by atoms with van der Waals surface area (Å²) >= 11 is 0. The van der Waals surface area contributed by atoms with Gasteiger partial charge in [-0.1, -0.05) is 19.1 Å². The van der Waals surface area contributed by atoms with E-state index in [1.54, 1.807) is 12.1 Å². The average Bonchev–Trinajstić information content (AvgIpc) is 2.42. The van der Waals surface area contributed by atoms with Gasteiger partial charge in [0.25, 0.3) is 0 Å². The van der Waals surface area contributed by atoms with Crippen molar-refractivity contribution >= 4 is 11.5 Å². The second-order valence-electron chi connectivity index (χ2n) is 4.82. The van der Waals surface area contributed by atoms with Crippen LogP contribution in [0.4, 0.5) is 14.5 Å². The number of Topliss-reactive ketones (excluding diaryl/α,β-unsaturated/α-hetero) is 1. The molecule has 2 aromatic carbocycles. The van der Waals surface area contributed by atoms with Gasteiger partial charge in [0, 0.05) is 12.1 Å². The summed E-state index contributed by atoms with van der Waals surface area (Å²) in [6.45, 7) is 1.86. The summed E-state index contributed by atoms with van der Waals surface area (Å²) in [4.78, 5) is 12.0. The van der Waals surface area contributed by atoms with Crippen LogP contribution in [-0.4, -0.2) is 5.78 Å². The minimum absolute atomic E-state index is 0.0919. The topological polar surface area (TPSA) is 43.1 Å². The number of hydrogen-bond acceptors (Lipinski definition) is 2. The van der Waals surface area contributed by atoms with Crippen molar-refractivity contribution in [2.45, 2.75) is 19.3 Å². The van der Waals surface area contributed by atoms with Gasteiger partial charge in [0.05, 0.1) is 5.56 Å². The Balaban J connectivity index is 2.15. The molecule has 2 nitrogen and oxygen atoms in total. The predicted molar refractivity (Wildman–Crippen MR) is 74.6 cm³/mol. The first-order valence-corrected chi connectivity index (χ1v) is 6.31. The Morgan fingerprint density at radius 3 is 2.45 bits per heavy atom. The van der Waals surface area contributed by atoms with Gasteiger partial charge in [0.1, 0.15) is 11.6 Å². The van der Waals surface area contributed by atoms with Crippen molar-refractivity contribution in [3.05, 3.63) is 65.2 Å². The molecule has 0 fully saturated rings. The van der Waals surface area contributed by atoms with Crippen LogP contribution in [0.2, 0.25) is 0 Å². The first kappa shape index (κ1) is 14.2. The van der Waals surface area contributed by atoms with Gasteiger partial charge < -0.3 is 5.73 Å². The molecule has 0 aliphatic heterocycles. The van der Waals surface area contributed by atoms with Crippen LogP contribution in [0.15, 0.2) is 42.5 Å². The molecule has 2 N–H and O–H groups in total. The van der Waals surface area contributed by atoms with Crippen molar-refractivity contribution in [3.63, 3.8) is 0 Å². The van der Waals surface area contributed by atoms with Crippen molar-refractivity contribution in [1.82, 2.24) is 0 Å². The maximum absolute atomic E-state index is 13.5. The number of nitrogen functional groups attached to an aromatic ring is 1. The van der Waals surface area contributed by atoms with Crippen LogP contribution in [0, 0.1) is 11.6 Å². The van der Waals surface area contributed by atoms with Crippen molar-refractivity contribution in [2.24, 2.45) is 0 Å². The number of ketones is 1. The summed E-state index contributed by atoms with van der Waals surface area (Å²) in [6, 6.07) is 10.1. The molecule has 0 spiro atoms. The van der Waals surface area contributed by atoms with Crippen LogP contribution < -0.4 is 5.73 Å². The van der Waals surface area contributed by atoms with E-state index in [1.165, 1.54) is 0 Å². The maximum atomic E-state index is 13.5. The molecule has 0 heterocycles. The summed E-state index contributed by atoms with van der Waals surface area (Å²) in [5.41, 5.74) is 6.97. The van der Waals surface area contributed by atoms with Crippen molar-refractivity contribution in [3.8, 4) is 0 Å². The van der Waals surface area contributed by atoms with Crippen LogP contribution in [0.5, 0.6) is 0 Å². The average molecular weight is 275 g/mol. The standard InChI is InChI=1S/C16H15F2NO/c1-10(11-2-5-13(19)6-3-11)8-16(20)14-9-12(17)4-7-15(14)18/h2-7,9-10H,8,19H2,1H3. The summed E-state index contributed by atoms with van der Waals surface area (Å²) < 4.78 is 26.6. The zero-order valence-electron chi connectivity index (χ0n) is 11.1. The quantitative estimate of drug-likeness (QED) is 0.678. The van der Waals surface area contributed by atoms with E-state index in [2.05, 4.69) is 0 Å². The third kappa shape index (κ3) is 3.20.